The number of benzene rings is 3. The van der Waals surface area contributed by atoms with Crippen molar-refractivity contribution in [3.63, 3.8) is 0 Å². The minimum absolute atomic E-state index is 0.282. The third-order valence-electron chi connectivity index (χ3n) is 4.45. The van der Waals surface area contributed by atoms with Crippen LogP contribution in [0.4, 0.5) is 13.2 Å². The number of amides is 1. The van der Waals surface area contributed by atoms with E-state index < -0.39 is 12.3 Å². The molecule has 0 unspecified atom stereocenters. The van der Waals surface area contributed by atoms with Gasteiger partial charge in [-0.15, -0.1) is 13.2 Å². The predicted molar refractivity (Wildman–Crippen MR) is 99.0 cm³/mol. The van der Waals surface area contributed by atoms with Crippen molar-refractivity contribution in [3.8, 4) is 5.75 Å². The lowest BCUT2D eigenvalue weighted by atomic mass is 10.1. The number of alkyl halides is 3. The fourth-order valence-electron chi connectivity index (χ4n) is 3.41. The summed E-state index contributed by atoms with van der Waals surface area (Å²) in [4.78, 5) is 11.9. The van der Waals surface area contributed by atoms with E-state index in [1.807, 2.05) is 22.8 Å². The van der Waals surface area contributed by atoms with Gasteiger partial charge < -0.3 is 15.0 Å². The van der Waals surface area contributed by atoms with Crippen LogP contribution >= 0.6 is 0 Å². The van der Waals surface area contributed by atoms with Crippen LogP contribution in [0, 0.1) is 6.07 Å². The number of primary amides is 1. The number of hydrogen-bond donors (Lipinski definition) is 1. The lowest BCUT2D eigenvalue weighted by molar-refractivity contribution is -0.274. The molecule has 3 aromatic carbocycles. The first kappa shape index (κ1) is 17.9. The summed E-state index contributed by atoms with van der Waals surface area (Å²) in [5.41, 5.74) is 8.06. The summed E-state index contributed by atoms with van der Waals surface area (Å²) in [5, 5.41) is 1.41. The number of fused-ring (bicyclic) bond motifs is 3. The summed E-state index contributed by atoms with van der Waals surface area (Å²) in [6.07, 6.45) is -4.75. The second kappa shape index (κ2) is 6.60. The normalized spacial score (nSPS) is 11.8. The molecule has 0 aliphatic heterocycles. The van der Waals surface area contributed by atoms with Crippen molar-refractivity contribution in [2.45, 2.75) is 12.9 Å². The molecule has 0 atom stereocenters. The van der Waals surface area contributed by atoms with Crippen LogP contribution in [0.25, 0.3) is 21.8 Å². The van der Waals surface area contributed by atoms with Crippen molar-refractivity contribution in [1.82, 2.24) is 4.57 Å². The molecule has 0 fully saturated rings. The maximum Gasteiger partial charge on any atom is 0.573 e. The molecule has 2 N–H and O–H groups in total. The van der Waals surface area contributed by atoms with Crippen LogP contribution in [0.1, 0.15) is 15.9 Å². The number of halogens is 3. The predicted octanol–water partition coefficient (Wildman–Crippen LogP) is 4.64. The summed E-state index contributed by atoms with van der Waals surface area (Å²) in [5.74, 6) is -0.836. The molecule has 0 bridgehead atoms. The Morgan fingerprint density at radius 2 is 1.82 bits per heavy atom. The molecule has 4 aromatic rings. The second-order valence-electron chi connectivity index (χ2n) is 6.28. The van der Waals surface area contributed by atoms with Gasteiger partial charge in [-0.05, 0) is 42.0 Å². The Morgan fingerprint density at radius 3 is 2.57 bits per heavy atom. The molecular formula is C21H14F3N2O2. The number of carbonyl (C=O) groups excluding carboxylic acids is 1. The molecule has 141 valence electrons. The van der Waals surface area contributed by atoms with E-state index in [4.69, 9.17) is 5.73 Å². The molecule has 4 nitrogen and oxygen atoms in total. The number of rotatable bonds is 4. The highest BCUT2D eigenvalue weighted by Gasteiger charge is 2.31. The minimum atomic E-state index is -4.75. The van der Waals surface area contributed by atoms with Crippen molar-refractivity contribution in [3.05, 3.63) is 77.9 Å². The van der Waals surface area contributed by atoms with Crippen LogP contribution in [0.5, 0.6) is 5.75 Å². The number of aromatic nitrogens is 1. The molecule has 0 saturated carbocycles. The maximum atomic E-state index is 12.5. The summed E-state index contributed by atoms with van der Waals surface area (Å²) < 4.78 is 43.5. The van der Waals surface area contributed by atoms with Gasteiger partial charge in [0.15, 0.2) is 0 Å². The van der Waals surface area contributed by atoms with E-state index in [9.17, 15) is 18.0 Å². The van der Waals surface area contributed by atoms with E-state index in [-0.39, 0.29) is 12.3 Å². The first-order valence-electron chi connectivity index (χ1n) is 8.39. The van der Waals surface area contributed by atoms with Crippen LogP contribution in [0.2, 0.25) is 0 Å². The van der Waals surface area contributed by atoms with Gasteiger partial charge in [0.05, 0.1) is 11.0 Å². The maximum absolute atomic E-state index is 12.5. The first-order valence-corrected chi connectivity index (χ1v) is 8.39. The zero-order chi connectivity index (χ0) is 19.9. The van der Waals surface area contributed by atoms with Crippen LogP contribution in [-0.4, -0.2) is 16.8 Å². The molecule has 0 saturated heterocycles. The Balaban J connectivity index is 1.86. The monoisotopic (exact) mass is 383 g/mol. The van der Waals surface area contributed by atoms with E-state index >= 15 is 0 Å². The van der Waals surface area contributed by atoms with E-state index in [0.29, 0.717) is 16.5 Å². The number of nitrogens with zero attached hydrogens (tertiary/aromatic N) is 1. The Labute approximate surface area is 157 Å². The number of ether oxygens (including phenoxy) is 1. The van der Waals surface area contributed by atoms with Crippen molar-refractivity contribution in [2.75, 3.05) is 0 Å². The Kier molecular flexibility index (Phi) is 4.22. The molecule has 1 heterocycles. The van der Waals surface area contributed by atoms with Crippen LogP contribution < -0.4 is 10.5 Å². The number of carbonyl (C=O) groups is 1. The summed E-state index contributed by atoms with van der Waals surface area (Å²) in [6, 6.07) is 19.6. The van der Waals surface area contributed by atoms with Gasteiger partial charge in [0.2, 0.25) is 5.91 Å². The van der Waals surface area contributed by atoms with Crippen molar-refractivity contribution >= 4 is 27.7 Å². The highest BCUT2D eigenvalue weighted by molar-refractivity contribution is 6.17. The summed E-state index contributed by atoms with van der Waals surface area (Å²) in [7, 11) is 0. The smallest absolute Gasteiger partial charge is 0.406 e. The highest BCUT2D eigenvalue weighted by atomic mass is 19.4. The molecular weight excluding hydrogens is 369 g/mol. The molecule has 1 amide bonds. The highest BCUT2D eigenvalue weighted by Crippen LogP contribution is 2.32. The van der Waals surface area contributed by atoms with Gasteiger partial charge in [-0.3, -0.25) is 4.79 Å². The van der Waals surface area contributed by atoms with Gasteiger partial charge in [-0.1, -0.05) is 30.3 Å². The summed E-state index contributed by atoms with van der Waals surface area (Å²) in [6.45, 7) is 0.287. The lowest BCUT2D eigenvalue weighted by Gasteiger charge is -2.12. The van der Waals surface area contributed by atoms with Crippen molar-refractivity contribution in [1.29, 1.82) is 0 Å². The Morgan fingerprint density at radius 1 is 1.07 bits per heavy atom. The summed E-state index contributed by atoms with van der Waals surface area (Å²) >= 11 is 0. The first-order chi connectivity index (χ1) is 13.3. The third-order valence-corrected chi connectivity index (χ3v) is 4.45. The van der Waals surface area contributed by atoms with E-state index in [1.165, 1.54) is 18.2 Å². The third kappa shape index (κ3) is 3.26. The van der Waals surface area contributed by atoms with Crippen molar-refractivity contribution in [2.24, 2.45) is 5.73 Å². The standard InChI is InChI=1S/C21H14F3N2O2/c22-21(23,24)28-14-6-3-5-13(11-14)12-26-17-9-2-1-7-15(17)19-16(20(25)27)8-4-10-18(19)26/h1-6,8-11H,12H2,(H2,25,27). The van der Waals surface area contributed by atoms with Crippen molar-refractivity contribution < 1.29 is 22.7 Å². The molecule has 1 aromatic heterocycles. The molecule has 7 heteroatoms. The molecule has 28 heavy (non-hydrogen) atoms. The quantitative estimate of drug-likeness (QED) is 0.558. The molecule has 4 rings (SSSR count). The van der Waals surface area contributed by atoms with Crippen LogP contribution in [0.3, 0.4) is 0 Å². The molecule has 0 aliphatic carbocycles. The van der Waals surface area contributed by atoms with Gasteiger partial charge >= 0.3 is 6.36 Å². The van der Waals surface area contributed by atoms with Gasteiger partial charge in [0, 0.05) is 22.9 Å². The molecule has 1 radical (unpaired) electrons. The molecule has 0 aliphatic rings. The Bertz CT molecular complexity index is 1200. The van der Waals surface area contributed by atoms with E-state index in [1.54, 1.807) is 24.3 Å². The SMILES string of the molecule is NC(=O)c1cccc2c1c1[c]cccc1n2Cc1cccc(OC(F)(F)F)c1. The average Bonchev–Trinajstić information content (AvgIpc) is 2.95. The number of hydrogen-bond acceptors (Lipinski definition) is 2. The van der Waals surface area contributed by atoms with Gasteiger partial charge in [0.1, 0.15) is 5.75 Å². The topological polar surface area (TPSA) is 57.2 Å². The average molecular weight is 383 g/mol. The lowest BCUT2D eigenvalue weighted by Crippen LogP contribution is -2.17. The molecule has 0 spiro atoms. The van der Waals surface area contributed by atoms with Gasteiger partial charge in [-0.2, -0.15) is 0 Å². The zero-order valence-corrected chi connectivity index (χ0v) is 14.5. The minimum Gasteiger partial charge on any atom is -0.406 e. The second-order valence-corrected chi connectivity index (χ2v) is 6.28. The van der Waals surface area contributed by atoms with Gasteiger partial charge in [-0.25, -0.2) is 0 Å². The van der Waals surface area contributed by atoms with Crippen LogP contribution in [0.15, 0.2) is 60.7 Å². The zero-order valence-electron chi connectivity index (χ0n) is 14.5. The number of nitrogens with two attached hydrogens (primary N) is 1. The fraction of sp³-hybridized carbons (Fsp3) is 0.0952. The van der Waals surface area contributed by atoms with Crippen LogP contribution in [-0.2, 0) is 6.54 Å². The van der Waals surface area contributed by atoms with E-state index in [0.717, 1.165) is 16.4 Å². The fourth-order valence-corrected chi connectivity index (χ4v) is 3.41. The Hall–Kier alpha value is -3.48. The van der Waals surface area contributed by atoms with E-state index in [2.05, 4.69) is 10.8 Å². The van der Waals surface area contributed by atoms with Gasteiger partial charge in [0.25, 0.3) is 0 Å². The largest absolute Gasteiger partial charge is 0.573 e.